The van der Waals surface area contributed by atoms with Crippen molar-refractivity contribution in [3.05, 3.63) is 0 Å². The molecule has 0 heterocycles. The third kappa shape index (κ3) is 3.27. The lowest BCUT2D eigenvalue weighted by atomic mass is 9.43. The summed E-state index contributed by atoms with van der Waals surface area (Å²) in [6.45, 7) is 9.92. The minimum atomic E-state index is -4.57. The highest BCUT2D eigenvalue weighted by molar-refractivity contribution is 5.12. The Morgan fingerprint density at radius 3 is 2.10 bits per heavy atom. The second-order valence-electron chi connectivity index (χ2n) is 12.8. The molecule has 4 saturated carbocycles. The zero-order chi connectivity index (χ0) is 22.3. The maximum atomic E-state index is 13.4. The number of fused-ring (bicyclic) bond motifs is 5. The average Bonchev–Trinajstić information content (AvgIpc) is 2.98. The topological polar surface area (TPSA) is 40.5 Å². The Balaban J connectivity index is 1.59. The lowest BCUT2D eigenvalue weighted by Gasteiger charge is -2.62. The standard InChI is InChI=1S/C25H41F3O2/c1-21(2,20(29)25(26,27)28)19-9-8-17-16-7-6-15-14-22(3,30)12-13-23(15,4)18(16)10-11-24(17,19)5/h15-20,29-30H,6-14H2,1-5H3/t15-,16+,17+,18+,19-,20+,22-,23+,24+/m1/s1. The molecule has 0 aromatic carbocycles. The van der Waals surface area contributed by atoms with Gasteiger partial charge in [0.1, 0.15) is 0 Å². The van der Waals surface area contributed by atoms with Crippen LogP contribution < -0.4 is 0 Å². The second kappa shape index (κ2) is 6.85. The zero-order valence-corrected chi connectivity index (χ0v) is 19.4. The van der Waals surface area contributed by atoms with Crippen molar-refractivity contribution in [2.45, 2.75) is 110 Å². The Morgan fingerprint density at radius 2 is 1.47 bits per heavy atom. The van der Waals surface area contributed by atoms with Crippen molar-refractivity contribution in [2.75, 3.05) is 0 Å². The minimum absolute atomic E-state index is 0.106. The monoisotopic (exact) mass is 430 g/mol. The molecule has 0 spiro atoms. The first-order valence-corrected chi connectivity index (χ1v) is 12.1. The summed E-state index contributed by atoms with van der Waals surface area (Å²) in [5.41, 5.74) is -1.58. The molecule has 0 amide bonds. The summed E-state index contributed by atoms with van der Waals surface area (Å²) in [6, 6.07) is 0. The molecular weight excluding hydrogens is 389 g/mol. The van der Waals surface area contributed by atoms with Crippen LogP contribution in [0.5, 0.6) is 0 Å². The number of aliphatic hydroxyl groups is 2. The van der Waals surface area contributed by atoms with Crippen molar-refractivity contribution in [3.63, 3.8) is 0 Å². The Hall–Kier alpha value is -0.290. The van der Waals surface area contributed by atoms with Crippen LogP contribution in [0.3, 0.4) is 0 Å². The number of alkyl halides is 3. The Labute approximate surface area is 180 Å². The molecule has 2 nitrogen and oxygen atoms in total. The third-order valence-corrected chi connectivity index (χ3v) is 10.9. The molecule has 4 aliphatic rings. The molecule has 0 aromatic heterocycles. The van der Waals surface area contributed by atoms with Crippen LogP contribution in [0.2, 0.25) is 0 Å². The van der Waals surface area contributed by atoms with E-state index in [1.807, 2.05) is 6.92 Å². The third-order valence-electron chi connectivity index (χ3n) is 10.9. The fraction of sp³-hybridized carbons (Fsp3) is 1.00. The molecule has 4 fully saturated rings. The molecule has 0 unspecified atom stereocenters. The van der Waals surface area contributed by atoms with E-state index in [1.54, 1.807) is 13.8 Å². The highest BCUT2D eigenvalue weighted by atomic mass is 19.4. The highest BCUT2D eigenvalue weighted by Gasteiger charge is 2.64. The summed E-state index contributed by atoms with van der Waals surface area (Å²) in [4.78, 5) is 0. The summed E-state index contributed by atoms with van der Waals surface area (Å²) in [7, 11) is 0. The van der Waals surface area contributed by atoms with Gasteiger partial charge < -0.3 is 10.2 Å². The van der Waals surface area contributed by atoms with Gasteiger partial charge >= 0.3 is 6.18 Å². The van der Waals surface area contributed by atoms with E-state index in [1.165, 1.54) is 0 Å². The van der Waals surface area contributed by atoms with Crippen LogP contribution in [0, 0.1) is 45.8 Å². The predicted octanol–water partition coefficient (Wildman–Crippen LogP) is 6.35. The molecule has 0 aromatic rings. The van der Waals surface area contributed by atoms with E-state index in [-0.39, 0.29) is 16.7 Å². The summed E-state index contributed by atoms with van der Waals surface area (Å²) >= 11 is 0. The molecule has 0 saturated heterocycles. The van der Waals surface area contributed by atoms with Crippen molar-refractivity contribution in [2.24, 2.45) is 45.8 Å². The van der Waals surface area contributed by atoms with Crippen molar-refractivity contribution in [3.8, 4) is 0 Å². The van der Waals surface area contributed by atoms with E-state index in [2.05, 4.69) is 13.8 Å². The fourth-order valence-corrected chi connectivity index (χ4v) is 9.27. The smallest absolute Gasteiger partial charge is 0.390 e. The van der Waals surface area contributed by atoms with Gasteiger partial charge in [0, 0.05) is 5.41 Å². The zero-order valence-electron chi connectivity index (χ0n) is 19.4. The van der Waals surface area contributed by atoms with Crippen LogP contribution in [0.15, 0.2) is 0 Å². The first-order valence-electron chi connectivity index (χ1n) is 12.1. The van der Waals surface area contributed by atoms with Crippen LogP contribution >= 0.6 is 0 Å². The molecule has 2 N–H and O–H groups in total. The van der Waals surface area contributed by atoms with Crippen molar-refractivity contribution < 1.29 is 23.4 Å². The predicted molar refractivity (Wildman–Crippen MR) is 112 cm³/mol. The van der Waals surface area contributed by atoms with Gasteiger partial charge in [-0.2, -0.15) is 13.2 Å². The Morgan fingerprint density at radius 1 is 0.833 bits per heavy atom. The van der Waals surface area contributed by atoms with E-state index in [9.17, 15) is 23.4 Å². The fourth-order valence-electron chi connectivity index (χ4n) is 9.27. The SMILES string of the molecule is CC(C)([C@H](O)C(F)(F)F)[C@H]1CC[C@H]2[C@@H]3CC[C@@H]4C[C@](C)(O)CC[C@]4(C)[C@H]3CC[C@]12C. The molecule has 174 valence electrons. The number of halogens is 3. The number of hydrogen-bond donors (Lipinski definition) is 2. The van der Waals surface area contributed by atoms with Gasteiger partial charge in [-0.1, -0.05) is 27.7 Å². The van der Waals surface area contributed by atoms with Gasteiger partial charge in [0.25, 0.3) is 0 Å². The molecule has 30 heavy (non-hydrogen) atoms. The molecule has 0 radical (unpaired) electrons. The average molecular weight is 431 g/mol. The molecule has 0 bridgehead atoms. The van der Waals surface area contributed by atoms with Crippen molar-refractivity contribution in [1.82, 2.24) is 0 Å². The quantitative estimate of drug-likeness (QED) is 0.536. The molecular formula is C25H41F3O2. The van der Waals surface area contributed by atoms with Gasteiger partial charge in [-0.05, 0) is 105 Å². The minimum Gasteiger partial charge on any atom is -0.390 e. The maximum Gasteiger partial charge on any atom is 0.414 e. The van der Waals surface area contributed by atoms with Gasteiger partial charge in [0.15, 0.2) is 6.10 Å². The Kier molecular flexibility index (Phi) is 5.23. The number of rotatable bonds is 2. The Bertz CT molecular complexity index is 672. The van der Waals surface area contributed by atoms with E-state index in [4.69, 9.17) is 0 Å². The number of hydrogen-bond acceptors (Lipinski definition) is 2. The van der Waals surface area contributed by atoms with Crippen LogP contribution in [0.1, 0.15) is 92.4 Å². The lowest BCUT2D eigenvalue weighted by molar-refractivity contribution is -0.250. The summed E-state index contributed by atoms with van der Waals surface area (Å²) in [5.74, 6) is 2.12. The van der Waals surface area contributed by atoms with E-state index in [0.29, 0.717) is 23.7 Å². The number of aliphatic hydroxyl groups excluding tert-OH is 1. The maximum absolute atomic E-state index is 13.4. The molecule has 4 rings (SSSR count). The van der Waals surface area contributed by atoms with Crippen molar-refractivity contribution in [1.29, 1.82) is 0 Å². The van der Waals surface area contributed by atoms with Gasteiger partial charge in [-0.3, -0.25) is 0 Å². The molecule has 0 aliphatic heterocycles. The van der Waals surface area contributed by atoms with Gasteiger partial charge in [0.05, 0.1) is 5.60 Å². The van der Waals surface area contributed by atoms with Gasteiger partial charge in [-0.15, -0.1) is 0 Å². The summed E-state index contributed by atoms with van der Waals surface area (Å²) in [6.07, 6.45) is 2.11. The van der Waals surface area contributed by atoms with E-state index in [0.717, 1.165) is 57.8 Å². The van der Waals surface area contributed by atoms with Crippen molar-refractivity contribution >= 4 is 0 Å². The van der Waals surface area contributed by atoms with Gasteiger partial charge in [-0.25, -0.2) is 0 Å². The summed E-state index contributed by atoms with van der Waals surface area (Å²) < 4.78 is 40.3. The first kappa shape index (κ1) is 22.9. The molecule has 5 heteroatoms. The highest BCUT2D eigenvalue weighted by Crippen LogP contribution is 2.70. The second-order valence-corrected chi connectivity index (χ2v) is 12.8. The lowest BCUT2D eigenvalue weighted by Crippen LogP contribution is -2.57. The van der Waals surface area contributed by atoms with Gasteiger partial charge in [0.2, 0.25) is 0 Å². The molecule has 9 atom stereocenters. The van der Waals surface area contributed by atoms with Crippen LogP contribution in [0.25, 0.3) is 0 Å². The van der Waals surface area contributed by atoms with Crippen LogP contribution in [-0.4, -0.2) is 28.1 Å². The van der Waals surface area contributed by atoms with Crippen LogP contribution in [0.4, 0.5) is 13.2 Å². The van der Waals surface area contributed by atoms with Crippen LogP contribution in [-0.2, 0) is 0 Å². The van der Waals surface area contributed by atoms with E-state index >= 15 is 0 Å². The first-order chi connectivity index (χ1) is 13.6. The van der Waals surface area contributed by atoms with E-state index < -0.39 is 23.3 Å². The largest absolute Gasteiger partial charge is 0.414 e. The molecule has 4 aliphatic carbocycles. The normalized spacial score (nSPS) is 50.4. The summed E-state index contributed by atoms with van der Waals surface area (Å²) in [5, 5.41) is 20.8.